The predicted octanol–water partition coefficient (Wildman–Crippen LogP) is 4.62. The summed E-state index contributed by atoms with van der Waals surface area (Å²) in [5.41, 5.74) is 3.57. The van der Waals surface area contributed by atoms with Gasteiger partial charge >= 0.3 is 6.18 Å². The molecule has 3 rings (SSSR count). The number of amides is 1. The molecule has 0 aliphatic heterocycles. The summed E-state index contributed by atoms with van der Waals surface area (Å²) in [5.74, 6) is -0.633. The molecule has 2 aromatic rings. The lowest BCUT2D eigenvalue weighted by molar-refractivity contribution is -0.384. The molecule has 0 bridgehead atoms. The second kappa shape index (κ2) is 7.18. The van der Waals surface area contributed by atoms with Crippen LogP contribution in [0.4, 0.5) is 24.5 Å². The first-order valence-corrected chi connectivity index (χ1v) is 8.63. The summed E-state index contributed by atoms with van der Waals surface area (Å²) >= 11 is 3.33. The van der Waals surface area contributed by atoms with E-state index in [-0.39, 0.29) is 23.4 Å². The first kappa shape index (κ1) is 19.2. The van der Waals surface area contributed by atoms with Crippen molar-refractivity contribution in [2.45, 2.75) is 18.5 Å². The fraction of sp³-hybridized carbons (Fsp3) is 0.235. The van der Waals surface area contributed by atoms with Crippen molar-refractivity contribution in [2.24, 2.45) is 5.92 Å². The standard InChI is InChI=1S/C17H13BrF3N3O3/c18-11-4-1-9(2-5-11)12-8-13(12)16(25)23-22-14-6-3-10(17(19,20)21)7-15(14)24(26)27/h1-7,12-13,22H,8H2,(H,23,25). The average molecular weight is 444 g/mol. The van der Waals surface area contributed by atoms with Crippen molar-refractivity contribution in [3.63, 3.8) is 0 Å². The number of nitrogens with zero attached hydrogens (tertiary/aromatic N) is 1. The van der Waals surface area contributed by atoms with Gasteiger partial charge in [-0.1, -0.05) is 28.1 Å². The average Bonchev–Trinajstić information content (AvgIpc) is 3.40. The van der Waals surface area contributed by atoms with Gasteiger partial charge in [-0.15, -0.1) is 0 Å². The Morgan fingerprint density at radius 1 is 1.19 bits per heavy atom. The molecule has 2 atom stereocenters. The number of hydrazine groups is 1. The van der Waals surface area contributed by atoms with Gasteiger partial charge in [0.1, 0.15) is 5.69 Å². The van der Waals surface area contributed by atoms with Crippen LogP contribution in [0.15, 0.2) is 46.9 Å². The monoisotopic (exact) mass is 443 g/mol. The molecule has 27 heavy (non-hydrogen) atoms. The maximum Gasteiger partial charge on any atom is 0.416 e. The third-order valence-electron chi connectivity index (χ3n) is 4.27. The predicted molar refractivity (Wildman–Crippen MR) is 94.9 cm³/mol. The van der Waals surface area contributed by atoms with E-state index in [0.29, 0.717) is 18.6 Å². The second-order valence-electron chi connectivity index (χ2n) is 6.10. The molecule has 10 heteroatoms. The van der Waals surface area contributed by atoms with Crippen molar-refractivity contribution in [3.05, 3.63) is 68.2 Å². The Hall–Kier alpha value is -2.62. The van der Waals surface area contributed by atoms with Gasteiger partial charge in [0.25, 0.3) is 5.69 Å². The molecule has 1 aliphatic carbocycles. The van der Waals surface area contributed by atoms with Crippen molar-refractivity contribution in [3.8, 4) is 0 Å². The van der Waals surface area contributed by atoms with Crippen molar-refractivity contribution in [1.82, 2.24) is 5.43 Å². The molecular weight excluding hydrogens is 431 g/mol. The number of carbonyl (C=O) groups excluding carboxylic acids is 1. The lowest BCUT2D eigenvalue weighted by Crippen LogP contribution is -2.31. The highest BCUT2D eigenvalue weighted by molar-refractivity contribution is 9.10. The molecule has 0 saturated heterocycles. The summed E-state index contributed by atoms with van der Waals surface area (Å²) < 4.78 is 39.0. The van der Waals surface area contributed by atoms with Crippen molar-refractivity contribution < 1.29 is 22.9 Å². The van der Waals surface area contributed by atoms with E-state index in [4.69, 9.17) is 0 Å². The molecule has 1 fully saturated rings. The van der Waals surface area contributed by atoms with Crippen LogP contribution in [0.1, 0.15) is 23.5 Å². The Kier molecular flexibility index (Phi) is 5.09. The number of halogens is 4. The molecule has 2 N–H and O–H groups in total. The number of rotatable bonds is 5. The van der Waals surface area contributed by atoms with E-state index in [9.17, 15) is 28.1 Å². The van der Waals surface area contributed by atoms with Crippen molar-refractivity contribution in [2.75, 3.05) is 5.43 Å². The second-order valence-corrected chi connectivity index (χ2v) is 7.02. The van der Waals surface area contributed by atoms with Gasteiger partial charge in [-0.05, 0) is 42.2 Å². The molecular formula is C17H13BrF3N3O3. The number of nitro groups is 1. The Morgan fingerprint density at radius 3 is 2.44 bits per heavy atom. The number of alkyl halides is 3. The van der Waals surface area contributed by atoms with E-state index >= 15 is 0 Å². The smallest absolute Gasteiger partial charge is 0.292 e. The summed E-state index contributed by atoms with van der Waals surface area (Å²) in [6.45, 7) is 0. The largest absolute Gasteiger partial charge is 0.416 e. The van der Waals surface area contributed by atoms with Crippen LogP contribution in [0, 0.1) is 16.0 Å². The fourth-order valence-corrected chi connectivity index (χ4v) is 3.01. The van der Waals surface area contributed by atoms with E-state index < -0.39 is 22.4 Å². The number of hydrogen-bond acceptors (Lipinski definition) is 4. The van der Waals surface area contributed by atoms with E-state index in [1.165, 1.54) is 0 Å². The van der Waals surface area contributed by atoms with Crippen molar-refractivity contribution >= 4 is 33.2 Å². The summed E-state index contributed by atoms with van der Waals surface area (Å²) in [4.78, 5) is 22.3. The van der Waals surface area contributed by atoms with E-state index in [1.807, 2.05) is 24.3 Å². The molecule has 2 unspecified atom stereocenters. The number of hydrogen-bond donors (Lipinski definition) is 2. The number of nitrogens with one attached hydrogen (secondary N) is 2. The Balaban J connectivity index is 1.65. The molecule has 0 radical (unpaired) electrons. The van der Waals surface area contributed by atoms with Gasteiger partial charge in [-0.2, -0.15) is 13.2 Å². The topological polar surface area (TPSA) is 84.3 Å². The van der Waals surface area contributed by atoms with Gasteiger partial charge in [0.2, 0.25) is 5.91 Å². The van der Waals surface area contributed by atoms with E-state index in [0.717, 1.165) is 16.1 Å². The van der Waals surface area contributed by atoms with Gasteiger partial charge in [0.05, 0.1) is 10.5 Å². The Labute approximate surface area is 160 Å². The zero-order valence-electron chi connectivity index (χ0n) is 13.6. The van der Waals surface area contributed by atoms with Gasteiger partial charge < -0.3 is 0 Å². The molecule has 0 spiro atoms. The van der Waals surface area contributed by atoms with Crippen LogP contribution in [-0.4, -0.2) is 10.8 Å². The lowest BCUT2D eigenvalue weighted by Gasteiger charge is -2.11. The first-order chi connectivity index (χ1) is 12.7. The zero-order valence-corrected chi connectivity index (χ0v) is 15.2. The number of anilines is 1. The highest BCUT2D eigenvalue weighted by Crippen LogP contribution is 2.47. The molecule has 1 aliphatic rings. The van der Waals surface area contributed by atoms with Crippen molar-refractivity contribution in [1.29, 1.82) is 0 Å². The summed E-state index contributed by atoms with van der Waals surface area (Å²) in [6.07, 6.45) is -4.07. The van der Waals surface area contributed by atoms with Crippen LogP contribution < -0.4 is 10.9 Å². The SMILES string of the molecule is O=C(NNc1ccc(C(F)(F)F)cc1[N+](=O)[O-])C1CC1c1ccc(Br)cc1. The lowest BCUT2D eigenvalue weighted by atomic mass is 10.1. The molecule has 1 saturated carbocycles. The fourth-order valence-electron chi connectivity index (χ4n) is 2.75. The summed E-state index contributed by atoms with van der Waals surface area (Å²) in [7, 11) is 0. The quantitative estimate of drug-likeness (QED) is 0.521. The maximum atomic E-state index is 12.7. The Morgan fingerprint density at radius 2 is 1.85 bits per heavy atom. The van der Waals surface area contributed by atoms with Gasteiger partial charge in [0.15, 0.2) is 0 Å². The summed E-state index contributed by atoms with van der Waals surface area (Å²) in [5, 5.41) is 11.0. The summed E-state index contributed by atoms with van der Waals surface area (Å²) in [6, 6.07) is 9.59. The maximum absolute atomic E-state index is 12.7. The number of carbonyl (C=O) groups is 1. The molecule has 0 aromatic heterocycles. The molecule has 6 nitrogen and oxygen atoms in total. The number of benzene rings is 2. The van der Waals surface area contributed by atoms with Crippen LogP contribution >= 0.6 is 15.9 Å². The highest BCUT2D eigenvalue weighted by Gasteiger charge is 2.44. The first-order valence-electron chi connectivity index (χ1n) is 7.84. The van der Waals surface area contributed by atoms with E-state index in [1.54, 1.807) is 0 Å². The Bertz CT molecular complexity index is 887. The third kappa shape index (κ3) is 4.38. The third-order valence-corrected chi connectivity index (χ3v) is 4.80. The minimum atomic E-state index is -4.70. The van der Waals surface area contributed by atoms with Gasteiger partial charge in [0, 0.05) is 16.5 Å². The minimum Gasteiger partial charge on any atom is -0.292 e. The molecule has 142 valence electrons. The van der Waals surface area contributed by atoms with Crippen LogP contribution in [-0.2, 0) is 11.0 Å². The van der Waals surface area contributed by atoms with Gasteiger partial charge in [-0.3, -0.25) is 25.8 Å². The van der Waals surface area contributed by atoms with Gasteiger partial charge in [-0.25, -0.2) is 0 Å². The molecule has 1 amide bonds. The van der Waals surface area contributed by atoms with Crippen LogP contribution in [0.3, 0.4) is 0 Å². The zero-order chi connectivity index (χ0) is 19.8. The van der Waals surface area contributed by atoms with Crippen LogP contribution in [0.2, 0.25) is 0 Å². The molecule has 2 aromatic carbocycles. The van der Waals surface area contributed by atoms with E-state index in [2.05, 4.69) is 26.8 Å². The molecule has 0 heterocycles. The normalized spacial score (nSPS) is 18.7. The van der Waals surface area contributed by atoms with Crippen LogP contribution in [0.25, 0.3) is 0 Å². The number of nitro benzene ring substituents is 1. The van der Waals surface area contributed by atoms with Crippen LogP contribution in [0.5, 0.6) is 0 Å². The minimum absolute atomic E-state index is 0.0440. The highest BCUT2D eigenvalue weighted by atomic mass is 79.9.